The van der Waals surface area contributed by atoms with Crippen molar-refractivity contribution in [2.75, 3.05) is 13.1 Å². The second-order valence-electron chi connectivity index (χ2n) is 6.13. The quantitative estimate of drug-likeness (QED) is 0.873. The van der Waals surface area contributed by atoms with Crippen LogP contribution in [0, 0.1) is 11.8 Å². The Bertz CT molecular complexity index is 472. The van der Waals surface area contributed by atoms with Crippen LogP contribution in [0.25, 0.3) is 0 Å². The van der Waals surface area contributed by atoms with E-state index in [9.17, 15) is 4.79 Å². The van der Waals surface area contributed by atoms with Gasteiger partial charge in [-0.3, -0.25) is 4.79 Å². The van der Waals surface area contributed by atoms with Gasteiger partial charge in [0.05, 0.1) is 6.04 Å². The van der Waals surface area contributed by atoms with Crippen LogP contribution in [0.2, 0.25) is 5.02 Å². The first-order chi connectivity index (χ1) is 10.1. The summed E-state index contributed by atoms with van der Waals surface area (Å²) in [6, 6.07) is 7.65. The molecule has 0 aromatic heterocycles. The molecule has 0 bridgehead atoms. The van der Waals surface area contributed by atoms with Crippen molar-refractivity contribution < 1.29 is 4.79 Å². The molecule has 1 amide bonds. The maximum atomic E-state index is 12.2. The molecule has 1 fully saturated rings. The van der Waals surface area contributed by atoms with Crippen LogP contribution in [0.3, 0.4) is 0 Å². The molecule has 1 aromatic rings. The summed E-state index contributed by atoms with van der Waals surface area (Å²) in [4.78, 5) is 12.2. The first-order valence-corrected chi connectivity index (χ1v) is 8.19. The minimum atomic E-state index is -0.00659. The minimum Gasteiger partial charge on any atom is -0.350 e. The van der Waals surface area contributed by atoms with Crippen LogP contribution in [0.1, 0.15) is 44.7 Å². The van der Waals surface area contributed by atoms with Gasteiger partial charge in [0.1, 0.15) is 0 Å². The van der Waals surface area contributed by atoms with Crippen molar-refractivity contribution in [3.05, 3.63) is 34.9 Å². The average molecular weight is 309 g/mol. The summed E-state index contributed by atoms with van der Waals surface area (Å²) in [5.74, 6) is 1.16. The van der Waals surface area contributed by atoms with Crippen molar-refractivity contribution in [3.8, 4) is 0 Å². The molecule has 116 valence electrons. The van der Waals surface area contributed by atoms with Crippen LogP contribution in [0.4, 0.5) is 0 Å². The molecule has 2 rings (SSSR count). The van der Waals surface area contributed by atoms with E-state index in [1.807, 2.05) is 31.2 Å². The van der Waals surface area contributed by atoms with Gasteiger partial charge in [0.2, 0.25) is 5.91 Å². The molecular formula is C17H25ClN2O. The van der Waals surface area contributed by atoms with E-state index in [4.69, 9.17) is 11.6 Å². The van der Waals surface area contributed by atoms with Crippen LogP contribution in [-0.4, -0.2) is 19.0 Å². The summed E-state index contributed by atoms with van der Waals surface area (Å²) < 4.78 is 0. The number of hydrogen-bond donors (Lipinski definition) is 2. The van der Waals surface area contributed by atoms with Crippen molar-refractivity contribution in [1.29, 1.82) is 0 Å². The zero-order valence-electron chi connectivity index (χ0n) is 12.9. The highest BCUT2D eigenvalue weighted by molar-refractivity contribution is 6.30. The van der Waals surface area contributed by atoms with Gasteiger partial charge in [-0.2, -0.15) is 0 Å². The number of benzene rings is 1. The maximum absolute atomic E-state index is 12.2. The molecule has 1 heterocycles. The van der Waals surface area contributed by atoms with Crippen LogP contribution in [-0.2, 0) is 4.79 Å². The van der Waals surface area contributed by atoms with E-state index in [1.54, 1.807) is 0 Å². The number of piperidine rings is 1. The zero-order chi connectivity index (χ0) is 15.2. The predicted molar refractivity (Wildman–Crippen MR) is 87.4 cm³/mol. The molecule has 1 saturated heterocycles. The lowest BCUT2D eigenvalue weighted by Crippen LogP contribution is -2.36. The first-order valence-electron chi connectivity index (χ1n) is 7.82. The highest BCUT2D eigenvalue weighted by Gasteiger charge is 2.22. The number of carbonyl (C=O) groups is 1. The summed E-state index contributed by atoms with van der Waals surface area (Å²) in [7, 11) is 0. The molecule has 2 N–H and O–H groups in total. The largest absolute Gasteiger partial charge is 0.350 e. The Hall–Kier alpha value is -1.06. The summed E-state index contributed by atoms with van der Waals surface area (Å²) in [6.45, 7) is 6.33. The van der Waals surface area contributed by atoms with Gasteiger partial charge >= 0.3 is 0 Å². The Morgan fingerprint density at radius 2 is 2.29 bits per heavy atom. The number of amides is 1. The van der Waals surface area contributed by atoms with E-state index in [1.165, 1.54) is 12.8 Å². The summed E-state index contributed by atoms with van der Waals surface area (Å²) >= 11 is 5.99. The molecule has 1 aromatic carbocycles. The fourth-order valence-electron chi connectivity index (χ4n) is 2.98. The van der Waals surface area contributed by atoms with Gasteiger partial charge in [0.15, 0.2) is 0 Å². The minimum absolute atomic E-state index is 0.00659. The second-order valence-corrected chi connectivity index (χ2v) is 6.57. The molecule has 1 aliphatic rings. The Balaban J connectivity index is 1.83. The van der Waals surface area contributed by atoms with E-state index in [-0.39, 0.29) is 11.9 Å². The standard InChI is InChI=1S/C17H25ClN2O/c1-12(15-6-4-8-19-11-15)9-17(21)20-13(2)14-5-3-7-16(18)10-14/h3,5,7,10,12-13,15,19H,4,6,8-9,11H2,1-2H3,(H,20,21)/t12?,13-,15?/m1/s1. The highest BCUT2D eigenvalue weighted by atomic mass is 35.5. The normalized spacial score (nSPS) is 21.6. The molecule has 0 radical (unpaired) electrons. The van der Waals surface area contributed by atoms with Crippen molar-refractivity contribution in [1.82, 2.24) is 10.6 Å². The molecule has 3 nitrogen and oxygen atoms in total. The van der Waals surface area contributed by atoms with Crippen molar-refractivity contribution in [2.45, 2.75) is 39.2 Å². The topological polar surface area (TPSA) is 41.1 Å². The van der Waals surface area contributed by atoms with Crippen LogP contribution < -0.4 is 10.6 Å². The Morgan fingerprint density at radius 1 is 1.48 bits per heavy atom. The van der Waals surface area contributed by atoms with E-state index < -0.39 is 0 Å². The zero-order valence-corrected chi connectivity index (χ0v) is 13.6. The monoisotopic (exact) mass is 308 g/mol. The molecule has 2 unspecified atom stereocenters. The van der Waals surface area contributed by atoms with Crippen molar-refractivity contribution in [3.63, 3.8) is 0 Å². The molecular weight excluding hydrogens is 284 g/mol. The highest BCUT2D eigenvalue weighted by Crippen LogP contribution is 2.23. The third kappa shape index (κ3) is 5.01. The van der Waals surface area contributed by atoms with Gasteiger partial charge in [-0.1, -0.05) is 30.7 Å². The number of rotatable bonds is 5. The summed E-state index contributed by atoms with van der Waals surface area (Å²) in [6.07, 6.45) is 3.04. The molecule has 21 heavy (non-hydrogen) atoms. The Labute approximate surface area is 132 Å². The van der Waals surface area contributed by atoms with Gasteiger partial charge in [-0.05, 0) is 62.4 Å². The SMILES string of the molecule is CC(CC(=O)N[C@H](C)c1cccc(Cl)c1)C1CCCNC1. The summed E-state index contributed by atoms with van der Waals surface area (Å²) in [5.41, 5.74) is 1.04. The molecule has 4 heteroatoms. The fourth-order valence-corrected chi connectivity index (χ4v) is 3.18. The third-order valence-electron chi connectivity index (χ3n) is 4.37. The lowest BCUT2D eigenvalue weighted by molar-refractivity contribution is -0.123. The van der Waals surface area contributed by atoms with Crippen LogP contribution >= 0.6 is 11.6 Å². The molecule has 0 aliphatic carbocycles. The van der Waals surface area contributed by atoms with Gasteiger partial charge < -0.3 is 10.6 Å². The van der Waals surface area contributed by atoms with Gasteiger partial charge in [0, 0.05) is 11.4 Å². The smallest absolute Gasteiger partial charge is 0.220 e. The van der Waals surface area contributed by atoms with Crippen molar-refractivity contribution >= 4 is 17.5 Å². The molecule has 1 aliphatic heterocycles. The van der Waals surface area contributed by atoms with Gasteiger partial charge in [-0.25, -0.2) is 0 Å². The van der Waals surface area contributed by atoms with E-state index in [0.29, 0.717) is 23.3 Å². The van der Waals surface area contributed by atoms with E-state index in [2.05, 4.69) is 17.6 Å². The molecule has 0 saturated carbocycles. The molecule has 0 spiro atoms. The van der Waals surface area contributed by atoms with Gasteiger partial charge in [0.25, 0.3) is 0 Å². The Morgan fingerprint density at radius 3 is 2.95 bits per heavy atom. The number of hydrogen-bond acceptors (Lipinski definition) is 2. The van der Waals surface area contributed by atoms with Crippen LogP contribution in [0.5, 0.6) is 0 Å². The second kappa shape index (κ2) is 7.81. The van der Waals surface area contributed by atoms with E-state index in [0.717, 1.165) is 18.7 Å². The number of carbonyl (C=O) groups excluding carboxylic acids is 1. The molecule has 3 atom stereocenters. The van der Waals surface area contributed by atoms with Gasteiger partial charge in [-0.15, -0.1) is 0 Å². The maximum Gasteiger partial charge on any atom is 0.220 e. The Kier molecular flexibility index (Phi) is 6.07. The van der Waals surface area contributed by atoms with E-state index >= 15 is 0 Å². The van der Waals surface area contributed by atoms with Crippen molar-refractivity contribution in [2.24, 2.45) is 11.8 Å². The summed E-state index contributed by atoms with van der Waals surface area (Å²) in [5, 5.41) is 7.19. The number of halogens is 1. The average Bonchev–Trinajstić information content (AvgIpc) is 2.48. The first kappa shape index (κ1) is 16.3. The van der Waals surface area contributed by atoms with Crippen LogP contribution in [0.15, 0.2) is 24.3 Å². The number of nitrogens with one attached hydrogen (secondary N) is 2. The predicted octanol–water partition coefficient (Wildman–Crippen LogP) is 3.54. The third-order valence-corrected chi connectivity index (χ3v) is 4.61. The lowest BCUT2D eigenvalue weighted by atomic mass is 9.85. The fraction of sp³-hybridized carbons (Fsp3) is 0.588. The lowest BCUT2D eigenvalue weighted by Gasteiger charge is -2.28.